The Balaban J connectivity index is 2.09. The summed E-state index contributed by atoms with van der Waals surface area (Å²) >= 11 is 0. The zero-order valence-corrected chi connectivity index (χ0v) is 7.34. The summed E-state index contributed by atoms with van der Waals surface area (Å²) < 4.78 is 12.6. The van der Waals surface area contributed by atoms with E-state index in [0.29, 0.717) is 5.82 Å². The van der Waals surface area contributed by atoms with Gasteiger partial charge in [0.1, 0.15) is 5.82 Å². The number of nitrogens with zero attached hydrogens (tertiary/aromatic N) is 2. The third-order valence-electron chi connectivity index (χ3n) is 2.07. The van der Waals surface area contributed by atoms with Gasteiger partial charge < -0.3 is 10.6 Å². The molecule has 0 atom stereocenters. The molecule has 13 heavy (non-hydrogen) atoms. The SMILES string of the molecule is CC1(Nc2cncc(F)n2)CNC1. The van der Waals surface area contributed by atoms with Gasteiger partial charge in [0.05, 0.1) is 17.9 Å². The maximum absolute atomic E-state index is 12.6. The van der Waals surface area contributed by atoms with Crippen molar-refractivity contribution in [2.45, 2.75) is 12.5 Å². The molecular weight excluding hydrogens is 171 g/mol. The lowest BCUT2D eigenvalue weighted by Crippen LogP contribution is -2.62. The van der Waals surface area contributed by atoms with Crippen LogP contribution in [-0.2, 0) is 0 Å². The maximum atomic E-state index is 12.6. The fourth-order valence-corrected chi connectivity index (χ4v) is 1.30. The van der Waals surface area contributed by atoms with Crippen molar-refractivity contribution >= 4 is 5.82 Å². The van der Waals surface area contributed by atoms with E-state index < -0.39 is 5.95 Å². The molecule has 0 aromatic carbocycles. The summed E-state index contributed by atoms with van der Waals surface area (Å²) in [5.74, 6) is -0.0649. The van der Waals surface area contributed by atoms with E-state index in [9.17, 15) is 4.39 Å². The molecule has 1 saturated heterocycles. The van der Waals surface area contributed by atoms with Crippen molar-refractivity contribution in [3.05, 3.63) is 18.3 Å². The van der Waals surface area contributed by atoms with Gasteiger partial charge in [0.25, 0.3) is 0 Å². The van der Waals surface area contributed by atoms with Crippen LogP contribution in [0.5, 0.6) is 0 Å². The van der Waals surface area contributed by atoms with Gasteiger partial charge in [-0.2, -0.15) is 9.37 Å². The average Bonchev–Trinajstić information content (AvgIpc) is 2.01. The quantitative estimate of drug-likeness (QED) is 0.694. The molecule has 1 aromatic rings. The first-order valence-corrected chi connectivity index (χ1v) is 4.14. The average molecular weight is 182 g/mol. The third kappa shape index (κ3) is 1.75. The second kappa shape index (κ2) is 2.92. The van der Waals surface area contributed by atoms with Crippen LogP contribution in [0, 0.1) is 5.95 Å². The van der Waals surface area contributed by atoms with Crippen LogP contribution in [0.3, 0.4) is 0 Å². The van der Waals surface area contributed by atoms with E-state index in [-0.39, 0.29) is 5.54 Å². The lowest BCUT2D eigenvalue weighted by molar-refractivity contribution is 0.337. The highest BCUT2D eigenvalue weighted by Gasteiger charge is 2.31. The predicted molar refractivity (Wildman–Crippen MR) is 46.9 cm³/mol. The second-order valence-corrected chi connectivity index (χ2v) is 3.52. The molecule has 0 saturated carbocycles. The third-order valence-corrected chi connectivity index (χ3v) is 2.07. The van der Waals surface area contributed by atoms with Crippen LogP contribution in [0.4, 0.5) is 10.2 Å². The molecule has 1 aliphatic heterocycles. The Morgan fingerprint density at radius 2 is 2.31 bits per heavy atom. The Hall–Kier alpha value is -1.23. The molecule has 5 heteroatoms. The van der Waals surface area contributed by atoms with Gasteiger partial charge in [-0.1, -0.05) is 0 Å². The molecule has 70 valence electrons. The Kier molecular flexibility index (Phi) is 1.88. The van der Waals surface area contributed by atoms with Crippen molar-refractivity contribution in [3.63, 3.8) is 0 Å². The molecule has 0 bridgehead atoms. The van der Waals surface area contributed by atoms with E-state index in [1.165, 1.54) is 6.20 Å². The molecule has 1 aliphatic rings. The zero-order valence-electron chi connectivity index (χ0n) is 7.34. The van der Waals surface area contributed by atoms with Gasteiger partial charge in [-0.05, 0) is 6.92 Å². The number of nitrogens with one attached hydrogen (secondary N) is 2. The summed E-state index contributed by atoms with van der Waals surface area (Å²) in [5, 5.41) is 6.25. The maximum Gasteiger partial charge on any atom is 0.233 e. The van der Waals surface area contributed by atoms with E-state index in [1.807, 2.05) is 0 Å². The van der Waals surface area contributed by atoms with Gasteiger partial charge in [-0.25, -0.2) is 0 Å². The van der Waals surface area contributed by atoms with Gasteiger partial charge in [0.15, 0.2) is 0 Å². The molecule has 0 radical (unpaired) electrons. The minimum atomic E-state index is -0.555. The largest absolute Gasteiger partial charge is 0.361 e. The number of hydrogen-bond donors (Lipinski definition) is 2. The Morgan fingerprint density at radius 1 is 1.54 bits per heavy atom. The molecule has 2 N–H and O–H groups in total. The topological polar surface area (TPSA) is 49.8 Å². The van der Waals surface area contributed by atoms with Crippen LogP contribution >= 0.6 is 0 Å². The van der Waals surface area contributed by atoms with Gasteiger partial charge in [-0.15, -0.1) is 0 Å². The van der Waals surface area contributed by atoms with Crippen molar-refractivity contribution in [3.8, 4) is 0 Å². The molecule has 0 spiro atoms. The van der Waals surface area contributed by atoms with Crippen LogP contribution < -0.4 is 10.6 Å². The van der Waals surface area contributed by atoms with Crippen LogP contribution in [0.2, 0.25) is 0 Å². The van der Waals surface area contributed by atoms with E-state index >= 15 is 0 Å². The van der Waals surface area contributed by atoms with Gasteiger partial charge in [0, 0.05) is 13.1 Å². The fourth-order valence-electron chi connectivity index (χ4n) is 1.30. The molecule has 4 nitrogen and oxygen atoms in total. The number of anilines is 1. The molecule has 0 amide bonds. The number of hydrogen-bond acceptors (Lipinski definition) is 4. The summed E-state index contributed by atoms with van der Waals surface area (Å²) in [4.78, 5) is 7.38. The first-order chi connectivity index (χ1) is 6.18. The van der Waals surface area contributed by atoms with Crippen molar-refractivity contribution in [1.82, 2.24) is 15.3 Å². The minimum Gasteiger partial charge on any atom is -0.361 e. The lowest BCUT2D eigenvalue weighted by Gasteiger charge is -2.40. The number of aromatic nitrogens is 2. The first-order valence-electron chi connectivity index (χ1n) is 4.14. The van der Waals surface area contributed by atoms with Gasteiger partial charge in [0.2, 0.25) is 5.95 Å². The summed E-state index contributed by atoms with van der Waals surface area (Å²) in [6.45, 7) is 3.78. The zero-order chi connectivity index (χ0) is 9.31. The van der Waals surface area contributed by atoms with E-state index in [2.05, 4.69) is 27.5 Å². The lowest BCUT2D eigenvalue weighted by atomic mass is 9.95. The summed E-state index contributed by atoms with van der Waals surface area (Å²) in [6, 6.07) is 0. The highest BCUT2D eigenvalue weighted by atomic mass is 19.1. The molecular formula is C8H11FN4. The summed E-state index contributed by atoms with van der Waals surface area (Å²) in [6.07, 6.45) is 2.61. The summed E-state index contributed by atoms with van der Waals surface area (Å²) in [7, 11) is 0. The predicted octanol–water partition coefficient (Wildman–Crippen LogP) is 0.389. The van der Waals surface area contributed by atoms with Crippen LogP contribution in [0.15, 0.2) is 12.4 Å². The van der Waals surface area contributed by atoms with Crippen molar-refractivity contribution < 1.29 is 4.39 Å². The highest BCUT2D eigenvalue weighted by molar-refractivity contribution is 5.36. The Morgan fingerprint density at radius 3 is 2.85 bits per heavy atom. The van der Waals surface area contributed by atoms with E-state index in [0.717, 1.165) is 19.3 Å². The molecule has 0 aliphatic carbocycles. The monoisotopic (exact) mass is 182 g/mol. The van der Waals surface area contributed by atoms with Crippen LogP contribution in [0.1, 0.15) is 6.92 Å². The highest BCUT2D eigenvalue weighted by Crippen LogP contribution is 2.16. The molecule has 2 rings (SSSR count). The van der Waals surface area contributed by atoms with Gasteiger partial charge >= 0.3 is 0 Å². The smallest absolute Gasteiger partial charge is 0.233 e. The minimum absolute atomic E-state index is 0.0114. The molecule has 2 heterocycles. The van der Waals surface area contributed by atoms with Crippen molar-refractivity contribution in [2.75, 3.05) is 18.4 Å². The molecule has 1 fully saturated rings. The van der Waals surface area contributed by atoms with Crippen LogP contribution in [-0.4, -0.2) is 28.6 Å². The fraction of sp³-hybridized carbons (Fsp3) is 0.500. The normalized spacial score (nSPS) is 19.2. The standard InChI is InChI=1S/C8H11FN4/c1-8(4-11-5-8)13-7-3-10-2-6(9)12-7/h2-3,11H,4-5H2,1H3,(H,12,13). The van der Waals surface area contributed by atoms with E-state index in [4.69, 9.17) is 0 Å². The number of halogens is 1. The Labute approximate surface area is 75.6 Å². The molecule has 1 aromatic heterocycles. The van der Waals surface area contributed by atoms with Gasteiger partial charge in [-0.3, -0.25) is 4.98 Å². The van der Waals surface area contributed by atoms with Crippen molar-refractivity contribution in [2.24, 2.45) is 0 Å². The second-order valence-electron chi connectivity index (χ2n) is 3.52. The number of rotatable bonds is 2. The summed E-state index contributed by atoms with van der Waals surface area (Å²) in [5.41, 5.74) is -0.0114. The molecule has 0 unspecified atom stereocenters. The van der Waals surface area contributed by atoms with Crippen molar-refractivity contribution in [1.29, 1.82) is 0 Å². The van der Waals surface area contributed by atoms with E-state index in [1.54, 1.807) is 0 Å². The van der Waals surface area contributed by atoms with Crippen LogP contribution in [0.25, 0.3) is 0 Å². The first kappa shape index (κ1) is 8.37. The Bertz CT molecular complexity index is 311.